The monoisotopic (exact) mass is 318 g/mol. The summed E-state index contributed by atoms with van der Waals surface area (Å²) in [6.45, 7) is 2.12. The molecule has 2 heterocycles. The standard InChI is InChI=1S/C16H22N4O3/c1-19-8-6-16(7-9-19)14(21)20(15(22)18-16)10-11-23-13-4-2-12(17)3-5-13/h2-5H,6-11,17H2,1H3,(H,18,22). The van der Waals surface area contributed by atoms with Crippen molar-refractivity contribution in [3.05, 3.63) is 24.3 Å². The van der Waals surface area contributed by atoms with Crippen LogP contribution >= 0.6 is 0 Å². The van der Waals surface area contributed by atoms with Gasteiger partial charge in [0.2, 0.25) is 0 Å². The molecule has 0 atom stereocenters. The number of hydrogen-bond acceptors (Lipinski definition) is 5. The van der Waals surface area contributed by atoms with Crippen molar-refractivity contribution >= 4 is 17.6 Å². The maximum Gasteiger partial charge on any atom is 0.325 e. The quantitative estimate of drug-likeness (QED) is 0.629. The molecule has 3 rings (SSSR count). The highest BCUT2D eigenvalue weighted by molar-refractivity contribution is 6.07. The molecular formula is C16H22N4O3. The third-order valence-electron chi connectivity index (χ3n) is 4.55. The molecule has 7 nitrogen and oxygen atoms in total. The van der Waals surface area contributed by atoms with E-state index in [-0.39, 0.29) is 25.1 Å². The van der Waals surface area contributed by atoms with Gasteiger partial charge in [0.05, 0.1) is 6.54 Å². The highest BCUT2D eigenvalue weighted by atomic mass is 16.5. The summed E-state index contributed by atoms with van der Waals surface area (Å²) in [6, 6.07) is 6.70. The molecule has 1 aromatic carbocycles. The molecule has 1 aromatic rings. The number of carbonyl (C=O) groups excluding carboxylic acids is 2. The van der Waals surface area contributed by atoms with Crippen LogP contribution in [0.3, 0.4) is 0 Å². The number of piperidine rings is 1. The average molecular weight is 318 g/mol. The molecule has 7 heteroatoms. The topological polar surface area (TPSA) is 87.9 Å². The summed E-state index contributed by atoms with van der Waals surface area (Å²) in [5.41, 5.74) is 5.56. The Hall–Kier alpha value is -2.28. The van der Waals surface area contributed by atoms with Crippen molar-refractivity contribution in [1.82, 2.24) is 15.1 Å². The van der Waals surface area contributed by atoms with Crippen LogP contribution in [-0.2, 0) is 4.79 Å². The number of ether oxygens (including phenoxy) is 1. The predicted molar refractivity (Wildman–Crippen MR) is 86.1 cm³/mol. The Labute approximate surface area is 135 Å². The van der Waals surface area contributed by atoms with Crippen molar-refractivity contribution in [2.75, 3.05) is 39.0 Å². The molecule has 0 aliphatic carbocycles. The molecule has 0 radical (unpaired) electrons. The highest BCUT2D eigenvalue weighted by Gasteiger charge is 2.51. The first-order chi connectivity index (χ1) is 11.0. The molecular weight excluding hydrogens is 296 g/mol. The summed E-state index contributed by atoms with van der Waals surface area (Å²) in [5, 5.41) is 2.88. The SMILES string of the molecule is CN1CCC2(CC1)NC(=O)N(CCOc1ccc(N)cc1)C2=O. The Morgan fingerprint density at radius 2 is 1.87 bits per heavy atom. The lowest BCUT2D eigenvalue weighted by atomic mass is 9.88. The number of nitrogens with one attached hydrogen (secondary N) is 1. The maximum absolute atomic E-state index is 12.6. The van der Waals surface area contributed by atoms with Crippen molar-refractivity contribution in [2.24, 2.45) is 0 Å². The van der Waals surface area contributed by atoms with E-state index in [9.17, 15) is 9.59 Å². The molecule has 0 bridgehead atoms. The molecule has 2 fully saturated rings. The van der Waals surface area contributed by atoms with Crippen molar-refractivity contribution in [3.63, 3.8) is 0 Å². The van der Waals surface area contributed by atoms with Gasteiger partial charge < -0.3 is 20.7 Å². The Morgan fingerprint density at radius 3 is 2.52 bits per heavy atom. The largest absolute Gasteiger partial charge is 0.492 e. The van der Waals surface area contributed by atoms with E-state index in [1.54, 1.807) is 24.3 Å². The molecule has 0 aromatic heterocycles. The Bertz CT molecular complexity index is 594. The molecule has 0 saturated carbocycles. The number of amides is 3. The fraction of sp³-hybridized carbons (Fsp3) is 0.500. The second-order valence-corrected chi connectivity index (χ2v) is 6.19. The minimum atomic E-state index is -0.717. The lowest BCUT2D eigenvalue weighted by Gasteiger charge is -2.35. The zero-order chi connectivity index (χ0) is 16.4. The number of nitrogen functional groups attached to an aromatic ring is 1. The van der Waals surface area contributed by atoms with E-state index >= 15 is 0 Å². The fourth-order valence-electron chi connectivity index (χ4n) is 3.04. The molecule has 124 valence electrons. The van der Waals surface area contributed by atoms with Crippen molar-refractivity contribution in [3.8, 4) is 5.75 Å². The molecule has 3 amide bonds. The van der Waals surface area contributed by atoms with E-state index < -0.39 is 5.54 Å². The number of urea groups is 1. The molecule has 2 aliphatic heterocycles. The Kier molecular flexibility index (Phi) is 4.12. The average Bonchev–Trinajstić information content (AvgIpc) is 2.76. The maximum atomic E-state index is 12.6. The van der Waals surface area contributed by atoms with Gasteiger partial charge in [-0.15, -0.1) is 0 Å². The molecule has 1 spiro atoms. The van der Waals surface area contributed by atoms with Gasteiger partial charge >= 0.3 is 6.03 Å². The third-order valence-corrected chi connectivity index (χ3v) is 4.55. The van der Waals surface area contributed by atoms with Gasteiger partial charge in [-0.1, -0.05) is 0 Å². The van der Waals surface area contributed by atoms with Gasteiger partial charge in [0.1, 0.15) is 17.9 Å². The normalized spacial score (nSPS) is 20.8. The molecule has 23 heavy (non-hydrogen) atoms. The van der Waals surface area contributed by atoms with Crippen LogP contribution in [0.4, 0.5) is 10.5 Å². The number of anilines is 1. The first-order valence-electron chi connectivity index (χ1n) is 7.81. The Morgan fingerprint density at radius 1 is 1.22 bits per heavy atom. The third kappa shape index (κ3) is 3.10. The summed E-state index contributed by atoms with van der Waals surface area (Å²) >= 11 is 0. The van der Waals surface area contributed by atoms with E-state index in [0.29, 0.717) is 24.3 Å². The molecule has 0 unspecified atom stereocenters. The zero-order valence-corrected chi connectivity index (χ0v) is 13.2. The van der Waals surface area contributed by atoms with Gasteiger partial charge in [0.25, 0.3) is 5.91 Å². The number of hydrogen-bond donors (Lipinski definition) is 2. The number of benzene rings is 1. The summed E-state index contributed by atoms with van der Waals surface area (Å²) in [7, 11) is 2.02. The van der Waals surface area contributed by atoms with E-state index in [4.69, 9.17) is 10.5 Å². The van der Waals surface area contributed by atoms with Gasteiger partial charge in [-0.3, -0.25) is 9.69 Å². The first-order valence-corrected chi connectivity index (χ1v) is 7.81. The zero-order valence-electron chi connectivity index (χ0n) is 13.2. The summed E-state index contributed by atoms with van der Waals surface area (Å²) in [5.74, 6) is 0.539. The second kappa shape index (κ2) is 6.08. The van der Waals surface area contributed by atoms with Crippen LogP contribution in [0.2, 0.25) is 0 Å². The van der Waals surface area contributed by atoms with Gasteiger partial charge in [-0.2, -0.15) is 0 Å². The number of likely N-dealkylation sites (tertiary alicyclic amines) is 1. The Balaban J connectivity index is 1.57. The van der Waals surface area contributed by atoms with E-state index in [0.717, 1.165) is 13.1 Å². The van der Waals surface area contributed by atoms with Crippen LogP contribution < -0.4 is 15.8 Å². The van der Waals surface area contributed by atoms with Gasteiger partial charge in [-0.05, 0) is 44.2 Å². The van der Waals surface area contributed by atoms with Crippen LogP contribution in [0.15, 0.2) is 24.3 Å². The first kappa shape index (κ1) is 15.6. The summed E-state index contributed by atoms with van der Waals surface area (Å²) < 4.78 is 5.57. The van der Waals surface area contributed by atoms with E-state index in [2.05, 4.69) is 10.2 Å². The second-order valence-electron chi connectivity index (χ2n) is 6.19. The smallest absolute Gasteiger partial charge is 0.325 e. The molecule has 2 aliphatic rings. The number of nitrogens with zero attached hydrogens (tertiary/aromatic N) is 2. The van der Waals surface area contributed by atoms with Crippen LogP contribution in [0.1, 0.15) is 12.8 Å². The minimum Gasteiger partial charge on any atom is -0.492 e. The summed E-state index contributed by atoms with van der Waals surface area (Å²) in [6.07, 6.45) is 1.31. The van der Waals surface area contributed by atoms with Crippen LogP contribution in [0.5, 0.6) is 5.75 Å². The van der Waals surface area contributed by atoms with Crippen molar-refractivity contribution < 1.29 is 14.3 Å². The summed E-state index contributed by atoms with van der Waals surface area (Å²) in [4.78, 5) is 28.2. The van der Waals surface area contributed by atoms with Crippen LogP contribution in [-0.4, -0.2) is 60.6 Å². The van der Waals surface area contributed by atoms with Crippen molar-refractivity contribution in [1.29, 1.82) is 0 Å². The molecule has 2 saturated heterocycles. The number of nitrogens with two attached hydrogens (primary N) is 1. The number of rotatable bonds is 4. The van der Waals surface area contributed by atoms with Crippen molar-refractivity contribution in [2.45, 2.75) is 18.4 Å². The molecule has 3 N–H and O–H groups in total. The fourth-order valence-corrected chi connectivity index (χ4v) is 3.04. The number of imide groups is 1. The van der Waals surface area contributed by atoms with E-state index in [1.165, 1.54) is 4.90 Å². The number of carbonyl (C=O) groups is 2. The highest BCUT2D eigenvalue weighted by Crippen LogP contribution is 2.28. The lowest BCUT2D eigenvalue weighted by Crippen LogP contribution is -2.54. The van der Waals surface area contributed by atoms with Crippen LogP contribution in [0.25, 0.3) is 0 Å². The van der Waals surface area contributed by atoms with E-state index in [1.807, 2.05) is 7.05 Å². The lowest BCUT2D eigenvalue weighted by molar-refractivity contribution is -0.133. The van der Waals surface area contributed by atoms with Gasteiger partial charge in [0.15, 0.2) is 0 Å². The van der Waals surface area contributed by atoms with Gasteiger partial charge in [0, 0.05) is 18.8 Å². The minimum absolute atomic E-state index is 0.128. The van der Waals surface area contributed by atoms with Gasteiger partial charge in [-0.25, -0.2) is 4.79 Å². The predicted octanol–water partition coefficient (Wildman–Crippen LogP) is 0.664. The van der Waals surface area contributed by atoms with Crippen LogP contribution in [0, 0.1) is 0 Å².